The molecule has 0 heterocycles. The van der Waals surface area contributed by atoms with Crippen molar-refractivity contribution in [1.82, 2.24) is 10.6 Å². The van der Waals surface area contributed by atoms with Crippen LogP contribution in [0.15, 0.2) is 48.5 Å². The van der Waals surface area contributed by atoms with Gasteiger partial charge in [0.25, 0.3) is 0 Å². The highest BCUT2D eigenvalue weighted by Gasteiger charge is 2.30. The standard InChI is InChI=1S/C28H36N2O5/c1-4-9-19(16-26(31)32)29-27(33)25(15-14-18(2)3)30-28(34)35-17-24-22-12-7-5-10-20(22)21-11-6-8-13-23(21)24/h5-8,10-13,18-19,24-25H,4,9,14-17H2,1-3H3,(H,29,33)(H,30,34)(H,31,32)/t19-,25?/m1/s1. The first-order valence-corrected chi connectivity index (χ1v) is 12.4. The minimum atomic E-state index is -0.966. The van der Waals surface area contributed by atoms with E-state index in [1.54, 1.807) is 0 Å². The molecule has 0 saturated heterocycles. The van der Waals surface area contributed by atoms with E-state index in [1.807, 2.05) is 45.0 Å². The number of carbonyl (C=O) groups is 3. The Bertz CT molecular complexity index is 990. The minimum Gasteiger partial charge on any atom is -0.481 e. The summed E-state index contributed by atoms with van der Waals surface area (Å²) in [6.45, 7) is 6.20. The van der Waals surface area contributed by atoms with Crippen LogP contribution in [0.4, 0.5) is 4.79 Å². The fourth-order valence-electron chi connectivity index (χ4n) is 4.64. The molecule has 0 fully saturated rings. The van der Waals surface area contributed by atoms with E-state index in [-0.39, 0.29) is 24.9 Å². The molecule has 7 nitrogen and oxygen atoms in total. The maximum atomic E-state index is 13.0. The molecule has 3 N–H and O–H groups in total. The largest absolute Gasteiger partial charge is 0.481 e. The van der Waals surface area contributed by atoms with Gasteiger partial charge in [-0.15, -0.1) is 0 Å². The number of carboxylic acid groups (broad SMARTS) is 1. The van der Waals surface area contributed by atoms with Crippen molar-refractivity contribution >= 4 is 18.0 Å². The Morgan fingerprint density at radius 1 is 0.914 bits per heavy atom. The van der Waals surface area contributed by atoms with E-state index in [0.29, 0.717) is 18.8 Å². The van der Waals surface area contributed by atoms with Gasteiger partial charge in [-0.2, -0.15) is 0 Å². The first-order valence-electron chi connectivity index (χ1n) is 12.4. The van der Waals surface area contributed by atoms with Crippen molar-refractivity contribution in [1.29, 1.82) is 0 Å². The number of benzene rings is 2. The van der Waals surface area contributed by atoms with Crippen LogP contribution in [0.25, 0.3) is 11.1 Å². The predicted octanol–water partition coefficient (Wildman–Crippen LogP) is 5.09. The number of hydrogen-bond acceptors (Lipinski definition) is 4. The lowest BCUT2D eigenvalue weighted by Gasteiger charge is -2.23. The van der Waals surface area contributed by atoms with Crippen LogP contribution in [0.1, 0.15) is 69.9 Å². The van der Waals surface area contributed by atoms with E-state index in [4.69, 9.17) is 9.84 Å². The number of hydrogen-bond donors (Lipinski definition) is 3. The van der Waals surface area contributed by atoms with E-state index in [9.17, 15) is 14.4 Å². The third-order valence-corrected chi connectivity index (χ3v) is 6.39. The van der Waals surface area contributed by atoms with E-state index in [1.165, 1.54) is 0 Å². The molecule has 35 heavy (non-hydrogen) atoms. The highest BCUT2D eigenvalue weighted by molar-refractivity contribution is 5.86. The molecule has 0 bridgehead atoms. The highest BCUT2D eigenvalue weighted by atomic mass is 16.5. The molecule has 1 unspecified atom stereocenters. The predicted molar refractivity (Wildman–Crippen MR) is 135 cm³/mol. The summed E-state index contributed by atoms with van der Waals surface area (Å²) in [6.07, 6.45) is 1.68. The van der Waals surface area contributed by atoms with E-state index < -0.39 is 24.1 Å². The maximum absolute atomic E-state index is 13.0. The number of fused-ring (bicyclic) bond motifs is 3. The van der Waals surface area contributed by atoms with Crippen LogP contribution >= 0.6 is 0 Å². The number of nitrogens with one attached hydrogen (secondary N) is 2. The average molecular weight is 481 g/mol. The summed E-state index contributed by atoms with van der Waals surface area (Å²) in [5.41, 5.74) is 4.52. The second-order valence-electron chi connectivity index (χ2n) is 9.59. The van der Waals surface area contributed by atoms with Crippen LogP contribution in [0.3, 0.4) is 0 Å². The topological polar surface area (TPSA) is 105 Å². The van der Waals surface area contributed by atoms with E-state index in [2.05, 4.69) is 34.9 Å². The van der Waals surface area contributed by atoms with Crippen LogP contribution in [0.5, 0.6) is 0 Å². The van der Waals surface area contributed by atoms with Crippen molar-refractivity contribution in [3.8, 4) is 11.1 Å². The van der Waals surface area contributed by atoms with Gasteiger partial charge in [0.05, 0.1) is 6.42 Å². The SMILES string of the molecule is CCC[C@H](CC(=O)O)NC(=O)C(CCC(C)C)NC(=O)OCC1c2ccccc2-c2ccccc21. The van der Waals surface area contributed by atoms with Gasteiger partial charge in [-0.3, -0.25) is 9.59 Å². The minimum absolute atomic E-state index is 0.0689. The van der Waals surface area contributed by atoms with Crippen molar-refractivity contribution in [2.75, 3.05) is 6.61 Å². The molecule has 2 aromatic rings. The van der Waals surface area contributed by atoms with Crippen LogP contribution in [-0.2, 0) is 14.3 Å². The van der Waals surface area contributed by atoms with Crippen LogP contribution in [-0.4, -0.2) is 41.8 Å². The first-order chi connectivity index (χ1) is 16.8. The Labute approximate surface area is 207 Å². The first kappa shape index (κ1) is 26.3. The molecule has 0 aromatic heterocycles. The van der Waals surface area contributed by atoms with Crippen LogP contribution in [0.2, 0.25) is 0 Å². The summed E-state index contributed by atoms with van der Waals surface area (Å²) >= 11 is 0. The fraction of sp³-hybridized carbons (Fsp3) is 0.464. The van der Waals surface area contributed by atoms with Gasteiger partial charge in [-0.25, -0.2) is 4.79 Å². The number of ether oxygens (including phenoxy) is 1. The van der Waals surface area contributed by atoms with Gasteiger partial charge in [-0.1, -0.05) is 75.7 Å². The summed E-state index contributed by atoms with van der Waals surface area (Å²) in [4.78, 5) is 36.9. The summed E-state index contributed by atoms with van der Waals surface area (Å²) < 4.78 is 5.62. The summed E-state index contributed by atoms with van der Waals surface area (Å²) in [7, 11) is 0. The molecule has 3 rings (SSSR count). The van der Waals surface area contributed by atoms with Crippen LogP contribution < -0.4 is 10.6 Å². The monoisotopic (exact) mass is 480 g/mol. The van der Waals surface area contributed by atoms with Crippen molar-refractivity contribution in [3.05, 3.63) is 59.7 Å². The number of carboxylic acids is 1. The Morgan fingerprint density at radius 2 is 1.51 bits per heavy atom. The molecule has 0 radical (unpaired) electrons. The molecule has 1 aliphatic carbocycles. The van der Waals surface area contributed by atoms with Gasteiger partial charge in [0.1, 0.15) is 12.6 Å². The van der Waals surface area contributed by atoms with Crippen molar-refractivity contribution in [2.45, 2.75) is 70.9 Å². The molecule has 7 heteroatoms. The molecule has 1 aliphatic rings. The number of carbonyl (C=O) groups excluding carboxylic acids is 2. The molecular formula is C28H36N2O5. The summed E-state index contributed by atoms with van der Waals surface area (Å²) in [6, 6.07) is 14.9. The number of aliphatic carboxylic acids is 1. The second kappa shape index (κ2) is 12.4. The van der Waals surface area contributed by atoms with Gasteiger partial charge in [0.15, 0.2) is 0 Å². The van der Waals surface area contributed by atoms with Gasteiger partial charge in [-0.05, 0) is 47.4 Å². The molecular weight excluding hydrogens is 444 g/mol. The fourth-order valence-corrected chi connectivity index (χ4v) is 4.64. The van der Waals surface area contributed by atoms with Gasteiger partial charge in [0.2, 0.25) is 5.91 Å². The zero-order chi connectivity index (χ0) is 25.4. The van der Waals surface area contributed by atoms with Gasteiger partial charge < -0.3 is 20.5 Å². The molecule has 0 spiro atoms. The second-order valence-corrected chi connectivity index (χ2v) is 9.59. The molecule has 2 atom stereocenters. The lowest BCUT2D eigenvalue weighted by molar-refractivity contribution is -0.137. The third-order valence-electron chi connectivity index (χ3n) is 6.39. The van der Waals surface area contributed by atoms with E-state index in [0.717, 1.165) is 35.1 Å². The Kier molecular flexibility index (Phi) is 9.29. The highest BCUT2D eigenvalue weighted by Crippen LogP contribution is 2.44. The summed E-state index contributed by atoms with van der Waals surface area (Å²) in [5, 5.41) is 14.7. The number of rotatable bonds is 12. The van der Waals surface area contributed by atoms with Crippen molar-refractivity contribution < 1.29 is 24.2 Å². The Balaban J connectivity index is 1.65. The Hall–Kier alpha value is -3.35. The molecule has 2 amide bonds. The molecule has 2 aromatic carbocycles. The zero-order valence-corrected chi connectivity index (χ0v) is 20.8. The quantitative estimate of drug-likeness (QED) is 0.392. The van der Waals surface area contributed by atoms with Gasteiger partial charge in [0, 0.05) is 12.0 Å². The molecule has 188 valence electrons. The average Bonchev–Trinajstić information content (AvgIpc) is 3.13. The van der Waals surface area contributed by atoms with Gasteiger partial charge >= 0.3 is 12.1 Å². The molecule has 0 saturated carbocycles. The zero-order valence-electron chi connectivity index (χ0n) is 20.8. The number of amides is 2. The lowest BCUT2D eigenvalue weighted by atomic mass is 9.98. The van der Waals surface area contributed by atoms with Crippen molar-refractivity contribution in [2.24, 2.45) is 5.92 Å². The number of alkyl carbamates (subject to hydrolysis) is 1. The smallest absolute Gasteiger partial charge is 0.407 e. The van der Waals surface area contributed by atoms with Crippen LogP contribution in [0, 0.1) is 5.92 Å². The van der Waals surface area contributed by atoms with Crippen molar-refractivity contribution in [3.63, 3.8) is 0 Å². The third kappa shape index (κ3) is 7.07. The molecule has 0 aliphatic heterocycles. The summed E-state index contributed by atoms with van der Waals surface area (Å²) in [5.74, 6) is -1.06. The normalized spacial score (nSPS) is 14.1. The van der Waals surface area contributed by atoms with E-state index >= 15 is 0 Å². The Morgan fingerprint density at radius 3 is 2.06 bits per heavy atom. The lowest BCUT2D eigenvalue weighted by Crippen LogP contribution is -2.50. The maximum Gasteiger partial charge on any atom is 0.407 e.